The van der Waals surface area contributed by atoms with Gasteiger partial charge in [0.15, 0.2) is 0 Å². The second-order valence-electron chi connectivity index (χ2n) is 7.18. The molecule has 0 saturated carbocycles. The standard InChI is InChI=1S/C21H26N4O/c1-16-4-3-10-25-14-19(23-21(16)25)15-26-20-7-5-18(6-8-20)13-24-11-9-22-17(2)12-24/h3-8,10,14,17,22H,9,11-13,15H2,1-2H3/t17-/m0/s1. The molecule has 1 N–H and O–H groups in total. The van der Waals surface area contributed by atoms with Crippen LogP contribution in [-0.4, -0.2) is 40.0 Å². The third kappa shape index (κ3) is 3.89. The first-order valence-electron chi connectivity index (χ1n) is 9.28. The van der Waals surface area contributed by atoms with Crippen molar-refractivity contribution < 1.29 is 4.74 Å². The smallest absolute Gasteiger partial charge is 0.140 e. The summed E-state index contributed by atoms with van der Waals surface area (Å²) in [5, 5.41) is 3.48. The Balaban J connectivity index is 1.35. The third-order valence-electron chi connectivity index (χ3n) is 4.90. The molecule has 1 fully saturated rings. The molecule has 26 heavy (non-hydrogen) atoms. The van der Waals surface area contributed by atoms with E-state index in [0.29, 0.717) is 12.6 Å². The summed E-state index contributed by atoms with van der Waals surface area (Å²) in [6, 6.07) is 13.1. The molecule has 0 aliphatic carbocycles. The van der Waals surface area contributed by atoms with Gasteiger partial charge in [0.25, 0.3) is 0 Å². The normalized spacial score (nSPS) is 18.3. The maximum atomic E-state index is 5.92. The molecular weight excluding hydrogens is 324 g/mol. The van der Waals surface area contributed by atoms with Crippen LogP contribution in [0, 0.1) is 6.92 Å². The highest BCUT2D eigenvalue weighted by Crippen LogP contribution is 2.17. The predicted octanol–water partition coefficient (Wildman–Crippen LogP) is 3.02. The van der Waals surface area contributed by atoms with Gasteiger partial charge in [-0.1, -0.05) is 18.2 Å². The molecule has 1 aliphatic heterocycles. The molecule has 0 amide bonds. The molecule has 0 spiro atoms. The van der Waals surface area contributed by atoms with Crippen molar-refractivity contribution in [2.24, 2.45) is 0 Å². The molecule has 0 radical (unpaired) electrons. The number of fused-ring (bicyclic) bond motifs is 1. The highest BCUT2D eigenvalue weighted by Gasteiger charge is 2.15. The Morgan fingerprint density at radius 3 is 2.85 bits per heavy atom. The second-order valence-corrected chi connectivity index (χ2v) is 7.18. The van der Waals surface area contributed by atoms with Gasteiger partial charge < -0.3 is 14.5 Å². The summed E-state index contributed by atoms with van der Waals surface area (Å²) in [4.78, 5) is 7.15. The fourth-order valence-electron chi connectivity index (χ4n) is 3.54. The molecule has 3 aromatic rings. The number of nitrogens with zero attached hydrogens (tertiary/aromatic N) is 3. The third-order valence-corrected chi connectivity index (χ3v) is 4.90. The Morgan fingerprint density at radius 1 is 1.23 bits per heavy atom. The molecule has 1 aromatic carbocycles. The summed E-state index contributed by atoms with van der Waals surface area (Å²) in [7, 11) is 0. The summed E-state index contributed by atoms with van der Waals surface area (Å²) < 4.78 is 7.97. The van der Waals surface area contributed by atoms with Crippen molar-refractivity contribution in [1.29, 1.82) is 0 Å². The zero-order chi connectivity index (χ0) is 17.9. The molecule has 4 rings (SSSR count). The highest BCUT2D eigenvalue weighted by molar-refractivity contribution is 5.47. The van der Waals surface area contributed by atoms with Crippen LogP contribution < -0.4 is 10.1 Å². The minimum absolute atomic E-state index is 0.482. The fraction of sp³-hybridized carbons (Fsp3) is 0.381. The van der Waals surface area contributed by atoms with Crippen LogP contribution in [0.3, 0.4) is 0 Å². The monoisotopic (exact) mass is 350 g/mol. The van der Waals surface area contributed by atoms with Gasteiger partial charge in [-0.15, -0.1) is 0 Å². The second kappa shape index (κ2) is 7.48. The van der Waals surface area contributed by atoms with Gasteiger partial charge in [0.2, 0.25) is 0 Å². The fourth-order valence-corrected chi connectivity index (χ4v) is 3.54. The minimum atomic E-state index is 0.482. The van der Waals surface area contributed by atoms with Crippen LogP contribution in [0.4, 0.5) is 0 Å². The van der Waals surface area contributed by atoms with E-state index >= 15 is 0 Å². The number of imidazole rings is 1. The Morgan fingerprint density at radius 2 is 2.08 bits per heavy atom. The van der Waals surface area contributed by atoms with Crippen molar-refractivity contribution in [3.8, 4) is 5.75 Å². The van der Waals surface area contributed by atoms with E-state index in [2.05, 4.69) is 59.4 Å². The number of hydrogen-bond acceptors (Lipinski definition) is 4. The Hall–Kier alpha value is -2.37. The predicted molar refractivity (Wildman–Crippen MR) is 103 cm³/mol. The first-order chi connectivity index (χ1) is 12.7. The van der Waals surface area contributed by atoms with E-state index < -0.39 is 0 Å². The molecule has 0 bridgehead atoms. The van der Waals surface area contributed by atoms with Crippen LogP contribution in [-0.2, 0) is 13.2 Å². The summed E-state index contributed by atoms with van der Waals surface area (Å²) >= 11 is 0. The van der Waals surface area contributed by atoms with Gasteiger partial charge in [-0.25, -0.2) is 4.98 Å². The van der Waals surface area contributed by atoms with E-state index in [1.165, 1.54) is 11.1 Å². The van der Waals surface area contributed by atoms with Gasteiger partial charge in [-0.2, -0.15) is 0 Å². The maximum Gasteiger partial charge on any atom is 0.140 e. The number of ether oxygens (including phenoxy) is 1. The van der Waals surface area contributed by atoms with Crippen molar-refractivity contribution in [2.45, 2.75) is 33.0 Å². The Bertz CT molecular complexity index is 871. The van der Waals surface area contributed by atoms with Gasteiger partial charge in [0.1, 0.15) is 18.0 Å². The summed E-state index contributed by atoms with van der Waals surface area (Å²) in [6.07, 6.45) is 4.05. The molecule has 5 heteroatoms. The molecule has 3 heterocycles. The molecule has 136 valence electrons. The molecule has 0 unspecified atom stereocenters. The SMILES string of the molecule is Cc1cccn2cc(COc3ccc(CN4CCN[C@@H](C)C4)cc3)nc12. The van der Waals surface area contributed by atoms with E-state index in [1.807, 2.05) is 22.9 Å². The van der Waals surface area contributed by atoms with E-state index in [-0.39, 0.29) is 0 Å². The quantitative estimate of drug-likeness (QED) is 0.768. The molecular formula is C21H26N4O. The first-order valence-corrected chi connectivity index (χ1v) is 9.28. The lowest BCUT2D eigenvalue weighted by Crippen LogP contribution is -2.48. The lowest BCUT2D eigenvalue weighted by Gasteiger charge is -2.31. The van der Waals surface area contributed by atoms with E-state index in [1.54, 1.807) is 0 Å². The molecule has 5 nitrogen and oxygen atoms in total. The molecule has 1 aliphatic rings. The zero-order valence-electron chi connectivity index (χ0n) is 15.5. The summed E-state index contributed by atoms with van der Waals surface area (Å²) in [6.45, 7) is 9.07. The zero-order valence-corrected chi connectivity index (χ0v) is 15.5. The minimum Gasteiger partial charge on any atom is -0.487 e. The van der Waals surface area contributed by atoms with Gasteiger partial charge in [0.05, 0.1) is 5.69 Å². The number of rotatable bonds is 5. The highest BCUT2D eigenvalue weighted by atomic mass is 16.5. The average molecular weight is 350 g/mol. The average Bonchev–Trinajstić information content (AvgIpc) is 3.06. The largest absolute Gasteiger partial charge is 0.487 e. The van der Waals surface area contributed by atoms with Crippen LogP contribution >= 0.6 is 0 Å². The van der Waals surface area contributed by atoms with Crippen molar-refractivity contribution in [1.82, 2.24) is 19.6 Å². The van der Waals surface area contributed by atoms with Gasteiger partial charge in [0, 0.05) is 44.6 Å². The molecule has 2 aromatic heterocycles. The maximum absolute atomic E-state index is 5.92. The van der Waals surface area contributed by atoms with Gasteiger partial charge in [-0.3, -0.25) is 4.90 Å². The van der Waals surface area contributed by atoms with E-state index in [4.69, 9.17) is 4.74 Å². The number of nitrogens with one attached hydrogen (secondary N) is 1. The number of hydrogen-bond donors (Lipinski definition) is 1. The lowest BCUT2D eigenvalue weighted by molar-refractivity contribution is 0.199. The van der Waals surface area contributed by atoms with E-state index in [9.17, 15) is 0 Å². The number of aryl methyl sites for hydroxylation is 1. The summed E-state index contributed by atoms with van der Waals surface area (Å²) in [5.41, 5.74) is 4.44. The number of piperazine rings is 1. The van der Waals surface area contributed by atoms with Crippen LogP contribution in [0.25, 0.3) is 5.65 Å². The Labute approximate surface area is 154 Å². The Kier molecular flexibility index (Phi) is 4.91. The van der Waals surface area contributed by atoms with Gasteiger partial charge >= 0.3 is 0 Å². The van der Waals surface area contributed by atoms with Crippen molar-refractivity contribution in [3.05, 3.63) is 65.6 Å². The van der Waals surface area contributed by atoms with Crippen LogP contribution in [0.15, 0.2) is 48.8 Å². The lowest BCUT2D eigenvalue weighted by atomic mass is 10.1. The topological polar surface area (TPSA) is 41.8 Å². The van der Waals surface area contributed by atoms with Crippen LogP contribution in [0.1, 0.15) is 23.7 Å². The van der Waals surface area contributed by atoms with Crippen LogP contribution in [0.2, 0.25) is 0 Å². The van der Waals surface area contributed by atoms with Crippen molar-refractivity contribution >= 4 is 5.65 Å². The molecule has 1 atom stereocenters. The number of pyridine rings is 1. The van der Waals surface area contributed by atoms with Crippen molar-refractivity contribution in [3.63, 3.8) is 0 Å². The van der Waals surface area contributed by atoms with E-state index in [0.717, 1.165) is 43.3 Å². The van der Waals surface area contributed by atoms with Crippen molar-refractivity contribution in [2.75, 3.05) is 19.6 Å². The van der Waals surface area contributed by atoms with Gasteiger partial charge in [-0.05, 0) is 43.2 Å². The van der Waals surface area contributed by atoms with Crippen LogP contribution in [0.5, 0.6) is 5.75 Å². The first kappa shape index (κ1) is 17.1. The molecule has 1 saturated heterocycles. The summed E-state index contributed by atoms with van der Waals surface area (Å²) in [5.74, 6) is 0.885. The number of benzene rings is 1. The number of aromatic nitrogens is 2.